The van der Waals surface area contributed by atoms with Crippen LogP contribution in [0, 0.1) is 11.7 Å². The number of nitrogens with two attached hydrogens (primary N) is 1. The molecular weight excluding hydrogens is 279 g/mol. The molecule has 22 heavy (non-hydrogen) atoms. The Morgan fingerprint density at radius 2 is 2.09 bits per heavy atom. The van der Waals surface area contributed by atoms with Gasteiger partial charge in [-0.1, -0.05) is 26.8 Å². The Kier molecular flexibility index (Phi) is 4.85. The number of benzene rings is 1. The fraction of sp³-hybridized carbons (Fsp3) is 0.353. The molecule has 116 valence electrons. The average Bonchev–Trinajstić information content (AvgIpc) is 2.50. The molecule has 2 rings (SSSR count). The molecule has 0 radical (unpaired) electrons. The van der Waals surface area contributed by atoms with Gasteiger partial charge < -0.3 is 5.73 Å². The zero-order chi connectivity index (χ0) is 16.3. The van der Waals surface area contributed by atoms with Crippen LogP contribution >= 0.6 is 0 Å². The summed E-state index contributed by atoms with van der Waals surface area (Å²) in [4.78, 5) is 12.6. The van der Waals surface area contributed by atoms with E-state index in [1.807, 2.05) is 13.0 Å². The van der Waals surface area contributed by atoms with Gasteiger partial charge in [-0.3, -0.25) is 4.99 Å². The molecule has 2 aromatic rings. The summed E-state index contributed by atoms with van der Waals surface area (Å²) in [6.45, 7) is 6.04. The molecule has 0 saturated carbocycles. The summed E-state index contributed by atoms with van der Waals surface area (Å²) in [5.74, 6) is 0.402. The van der Waals surface area contributed by atoms with Crippen LogP contribution < -0.4 is 5.73 Å². The van der Waals surface area contributed by atoms with Gasteiger partial charge in [0, 0.05) is 36.0 Å². The summed E-state index contributed by atoms with van der Waals surface area (Å²) in [7, 11) is 1.74. The summed E-state index contributed by atoms with van der Waals surface area (Å²) in [6, 6.07) is 5.39. The number of aromatic nitrogens is 2. The lowest BCUT2D eigenvalue weighted by Crippen LogP contribution is -2.12. The van der Waals surface area contributed by atoms with E-state index in [4.69, 9.17) is 5.73 Å². The molecule has 0 saturated heterocycles. The number of hydrogen-bond donors (Lipinski definition) is 1. The first-order valence-electron chi connectivity index (χ1n) is 7.36. The molecule has 2 N–H and O–H groups in total. The number of halogens is 1. The molecule has 4 nitrogen and oxygen atoms in total. The largest absolute Gasteiger partial charge is 0.398 e. The molecular formula is C17H21FN4. The lowest BCUT2D eigenvalue weighted by Gasteiger charge is -2.14. The fourth-order valence-corrected chi connectivity index (χ4v) is 2.39. The first kappa shape index (κ1) is 16.1. The molecule has 0 bridgehead atoms. The maximum absolute atomic E-state index is 14.1. The Morgan fingerprint density at radius 1 is 1.36 bits per heavy atom. The van der Waals surface area contributed by atoms with Gasteiger partial charge in [-0.25, -0.2) is 14.4 Å². The molecule has 1 aromatic carbocycles. The van der Waals surface area contributed by atoms with Crippen molar-refractivity contribution in [2.75, 3.05) is 12.8 Å². The van der Waals surface area contributed by atoms with Crippen LogP contribution in [-0.4, -0.2) is 22.7 Å². The van der Waals surface area contributed by atoms with Gasteiger partial charge in [0.05, 0.1) is 6.20 Å². The Balaban J connectivity index is 2.59. The third-order valence-electron chi connectivity index (χ3n) is 3.50. The number of aliphatic imine (C=N–C) groups is 1. The van der Waals surface area contributed by atoms with E-state index in [9.17, 15) is 4.39 Å². The van der Waals surface area contributed by atoms with Gasteiger partial charge in [-0.05, 0) is 18.1 Å². The predicted octanol–water partition coefficient (Wildman–Crippen LogP) is 3.50. The smallest absolute Gasteiger partial charge is 0.167 e. The average molecular weight is 300 g/mol. The maximum Gasteiger partial charge on any atom is 0.167 e. The minimum atomic E-state index is -0.438. The zero-order valence-electron chi connectivity index (χ0n) is 13.4. The summed E-state index contributed by atoms with van der Waals surface area (Å²) in [5, 5.41) is 0. The van der Waals surface area contributed by atoms with Crippen LogP contribution in [0.5, 0.6) is 0 Å². The SMILES string of the molecule is CCc1ncc(F)c(-c2ccc(N)c(C(=NC)C(C)C)c2)n1. The summed E-state index contributed by atoms with van der Waals surface area (Å²) < 4.78 is 14.1. The van der Waals surface area contributed by atoms with Crippen molar-refractivity contribution >= 4 is 11.4 Å². The van der Waals surface area contributed by atoms with E-state index in [0.717, 1.165) is 11.3 Å². The Labute approximate surface area is 130 Å². The second kappa shape index (κ2) is 6.64. The number of hydrogen-bond acceptors (Lipinski definition) is 4. The minimum Gasteiger partial charge on any atom is -0.398 e. The van der Waals surface area contributed by atoms with E-state index in [1.165, 1.54) is 6.20 Å². The lowest BCUT2D eigenvalue weighted by atomic mass is 9.95. The first-order valence-corrected chi connectivity index (χ1v) is 7.36. The van der Waals surface area contributed by atoms with Gasteiger partial charge in [0.1, 0.15) is 11.5 Å². The van der Waals surface area contributed by atoms with Crippen LogP contribution in [0.2, 0.25) is 0 Å². The third-order valence-corrected chi connectivity index (χ3v) is 3.50. The Morgan fingerprint density at radius 3 is 2.68 bits per heavy atom. The van der Waals surface area contributed by atoms with E-state index < -0.39 is 5.82 Å². The van der Waals surface area contributed by atoms with Crippen LogP contribution in [-0.2, 0) is 6.42 Å². The van der Waals surface area contributed by atoms with Crippen LogP contribution in [0.1, 0.15) is 32.2 Å². The van der Waals surface area contributed by atoms with Crippen molar-refractivity contribution in [2.24, 2.45) is 10.9 Å². The van der Waals surface area contributed by atoms with E-state index in [2.05, 4.69) is 28.8 Å². The summed E-state index contributed by atoms with van der Waals surface area (Å²) in [5.41, 5.74) is 9.39. The number of anilines is 1. The Bertz CT molecular complexity index is 708. The molecule has 0 spiro atoms. The van der Waals surface area contributed by atoms with Gasteiger partial charge in [0.25, 0.3) is 0 Å². The van der Waals surface area contributed by atoms with Gasteiger partial charge in [-0.2, -0.15) is 0 Å². The van der Waals surface area contributed by atoms with Crippen LogP contribution in [0.3, 0.4) is 0 Å². The molecule has 0 atom stereocenters. The molecule has 0 unspecified atom stereocenters. The highest BCUT2D eigenvalue weighted by molar-refractivity contribution is 6.06. The highest BCUT2D eigenvalue weighted by Gasteiger charge is 2.15. The number of nitrogens with zero attached hydrogens (tertiary/aromatic N) is 3. The van der Waals surface area contributed by atoms with E-state index in [1.54, 1.807) is 19.2 Å². The molecule has 0 fully saturated rings. The monoisotopic (exact) mass is 300 g/mol. The third kappa shape index (κ3) is 3.13. The summed E-state index contributed by atoms with van der Waals surface area (Å²) >= 11 is 0. The highest BCUT2D eigenvalue weighted by atomic mass is 19.1. The van der Waals surface area contributed by atoms with Gasteiger partial charge in [-0.15, -0.1) is 0 Å². The van der Waals surface area contributed by atoms with Crippen LogP contribution in [0.4, 0.5) is 10.1 Å². The van der Waals surface area contributed by atoms with Gasteiger partial charge in [0.15, 0.2) is 5.82 Å². The lowest BCUT2D eigenvalue weighted by molar-refractivity contribution is 0.614. The standard InChI is InChI=1S/C17H21FN4/c1-5-15-21-9-13(18)17(22-15)11-6-7-14(19)12(8-11)16(20-4)10(2)3/h6-10H,5,19H2,1-4H3. The molecule has 0 aliphatic carbocycles. The Hall–Kier alpha value is -2.30. The van der Waals surface area contributed by atoms with Crippen molar-refractivity contribution in [2.45, 2.75) is 27.2 Å². The number of aryl methyl sites for hydroxylation is 1. The van der Waals surface area contributed by atoms with Crippen molar-refractivity contribution in [3.63, 3.8) is 0 Å². The second-order valence-electron chi connectivity index (χ2n) is 5.40. The number of rotatable bonds is 4. The van der Waals surface area contributed by atoms with Crippen molar-refractivity contribution in [1.82, 2.24) is 9.97 Å². The van der Waals surface area contributed by atoms with Crippen LogP contribution in [0.15, 0.2) is 29.4 Å². The van der Waals surface area contributed by atoms with Crippen molar-refractivity contribution in [3.8, 4) is 11.3 Å². The molecule has 1 aromatic heterocycles. The van der Waals surface area contributed by atoms with Crippen molar-refractivity contribution in [1.29, 1.82) is 0 Å². The predicted molar refractivity (Wildman–Crippen MR) is 88.5 cm³/mol. The van der Waals surface area contributed by atoms with Gasteiger partial charge >= 0.3 is 0 Å². The quantitative estimate of drug-likeness (QED) is 0.694. The fourth-order valence-electron chi connectivity index (χ4n) is 2.39. The minimum absolute atomic E-state index is 0.226. The van der Waals surface area contributed by atoms with Gasteiger partial charge in [0.2, 0.25) is 0 Å². The molecule has 0 aliphatic heterocycles. The van der Waals surface area contributed by atoms with E-state index in [0.29, 0.717) is 29.2 Å². The topological polar surface area (TPSA) is 64.2 Å². The molecule has 1 heterocycles. The van der Waals surface area contributed by atoms with E-state index in [-0.39, 0.29) is 5.92 Å². The van der Waals surface area contributed by atoms with Crippen molar-refractivity contribution in [3.05, 3.63) is 41.6 Å². The zero-order valence-corrected chi connectivity index (χ0v) is 13.4. The van der Waals surface area contributed by atoms with Crippen molar-refractivity contribution < 1.29 is 4.39 Å². The van der Waals surface area contributed by atoms with Crippen LogP contribution in [0.25, 0.3) is 11.3 Å². The van der Waals surface area contributed by atoms with E-state index >= 15 is 0 Å². The second-order valence-corrected chi connectivity index (χ2v) is 5.40. The summed E-state index contributed by atoms with van der Waals surface area (Å²) in [6.07, 6.45) is 1.87. The maximum atomic E-state index is 14.1. The molecule has 0 amide bonds. The normalized spacial score (nSPS) is 12.0. The highest BCUT2D eigenvalue weighted by Crippen LogP contribution is 2.26. The number of nitrogen functional groups attached to an aromatic ring is 1. The first-order chi connectivity index (χ1) is 10.5. The molecule has 0 aliphatic rings. The molecule has 5 heteroatoms.